The average Bonchev–Trinajstić information content (AvgIpc) is 3.15. The third-order valence-electron chi connectivity index (χ3n) is 8.31. The molecule has 0 atom stereocenters. The Bertz CT molecular complexity index is 1380. The van der Waals surface area contributed by atoms with Crippen LogP contribution < -0.4 is 0 Å². The largest absolute Gasteiger partial charge is 0.0918 e. The summed E-state index contributed by atoms with van der Waals surface area (Å²) in [6.07, 6.45) is 21.1. The molecule has 0 unspecified atom stereocenters. The molecule has 0 radical (unpaired) electrons. The molecule has 0 nitrogen and oxygen atoms in total. The van der Waals surface area contributed by atoms with E-state index in [0.29, 0.717) is 0 Å². The van der Waals surface area contributed by atoms with Crippen LogP contribution in [0.4, 0.5) is 0 Å². The molecule has 0 spiro atoms. The molecule has 2 aromatic rings. The van der Waals surface area contributed by atoms with Gasteiger partial charge in [0.05, 0.1) is 0 Å². The first-order chi connectivity index (χ1) is 15.8. The molecule has 0 aromatic heterocycles. The summed E-state index contributed by atoms with van der Waals surface area (Å²) in [6.45, 7) is 13.8. The average molecular weight is 429 g/mol. The van der Waals surface area contributed by atoms with Gasteiger partial charge in [-0.05, 0) is 92.6 Å². The van der Waals surface area contributed by atoms with Crippen LogP contribution in [0.1, 0.15) is 73.9 Å². The molecule has 0 saturated carbocycles. The van der Waals surface area contributed by atoms with Gasteiger partial charge in [0.2, 0.25) is 0 Å². The zero-order chi connectivity index (χ0) is 23.0. The second-order valence-electron chi connectivity index (χ2n) is 11.0. The van der Waals surface area contributed by atoms with Gasteiger partial charge in [0.15, 0.2) is 0 Å². The van der Waals surface area contributed by atoms with E-state index in [4.69, 9.17) is 0 Å². The lowest BCUT2D eigenvalue weighted by Gasteiger charge is -2.25. The Morgan fingerprint density at radius 3 is 2.39 bits per heavy atom. The van der Waals surface area contributed by atoms with E-state index in [1.165, 1.54) is 55.7 Å². The van der Waals surface area contributed by atoms with E-state index in [-0.39, 0.29) is 10.8 Å². The molecule has 0 amide bonds. The van der Waals surface area contributed by atoms with Crippen LogP contribution in [0.25, 0.3) is 22.8 Å². The first-order valence-electron chi connectivity index (χ1n) is 12.3. The third kappa shape index (κ3) is 2.83. The van der Waals surface area contributed by atoms with E-state index in [1.807, 2.05) is 0 Å². The van der Waals surface area contributed by atoms with E-state index in [9.17, 15) is 0 Å². The van der Waals surface area contributed by atoms with Gasteiger partial charge in [-0.25, -0.2) is 0 Å². The molecule has 0 bridgehead atoms. The van der Waals surface area contributed by atoms with Crippen LogP contribution in [0.3, 0.4) is 0 Å². The van der Waals surface area contributed by atoms with Gasteiger partial charge in [0.1, 0.15) is 0 Å². The molecule has 0 heterocycles. The van der Waals surface area contributed by atoms with Crippen molar-refractivity contribution < 1.29 is 0 Å². The first-order valence-corrected chi connectivity index (χ1v) is 12.3. The monoisotopic (exact) mass is 428 g/mol. The minimum Gasteiger partial charge on any atom is -0.0918 e. The molecular formula is C33H32. The lowest BCUT2D eigenvalue weighted by atomic mass is 9.78. The topological polar surface area (TPSA) is 0 Å². The standard InChI is InChI=1S/C33H32/c1-21-11-7-6-8-14-24-25-19-30-26(20-29(25)32(2,3)27(24)17-15-21)31-23-13-10-9-12-22(23)16-18-28(31)33(30,4)5/h6-8,10-11,13,15-20H,1,9,12,14H2,2-5H3/b8-6-,11-7-,17-15-. The van der Waals surface area contributed by atoms with Crippen LogP contribution in [-0.4, -0.2) is 0 Å². The molecule has 2 aromatic carbocycles. The molecule has 164 valence electrons. The summed E-state index contributed by atoms with van der Waals surface area (Å²) in [5.74, 6) is 0. The summed E-state index contributed by atoms with van der Waals surface area (Å²) in [5, 5.41) is 0. The fourth-order valence-corrected chi connectivity index (χ4v) is 6.44. The predicted molar refractivity (Wildman–Crippen MR) is 142 cm³/mol. The van der Waals surface area contributed by atoms with Gasteiger partial charge in [-0.3, -0.25) is 0 Å². The Morgan fingerprint density at radius 1 is 0.758 bits per heavy atom. The fraction of sp³-hybridized carbons (Fsp3) is 0.273. The Hall–Kier alpha value is -3.12. The summed E-state index contributed by atoms with van der Waals surface area (Å²) >= 11 is 0. The number of hydrogen-bond donors (Lipinski definition) is 0. The molecule has 4 aliphatic rings. The SMILES string of the molecule is C=C1/C=C\C=C/CC2=C(/C=C\1)C(C)(C)c1cc3c(cc12)C(C)(C)c1ccc2c(c1-3)C=CCC2. The van der Waals surface area contributed by atoms with Crippen LogP contribution in [0.5, 0.6) is 0 Å². The number of benzene rings is 2. The van der Waals surface area contributed by atoms with Gasteiger partial charge in [-0.15, -0.1) is 0 Å². The predicted octanol–water partition coefficient (Wildman–Crippen LogP) is 8.63. The maximum Gasteiger partial charge on any atom is 0.0159 e. The summed E-state index contributed by atoms with van der Waals surface area (Å²) < 4.78 is 0. The highest BCUT2D eigenvalue weighted by atomic mass is 14.5. The number of hydrogen-bond acceptors (Lipinski definition) is 0. The van der Waals surface area contributed by atoms with Crippen molar-refractivity contribution in [2.45, 2.75) is 57.8 Å². The smallest absolute Gasteiger partial charge is 0.0159 e. The van der Waals surface area contributed by atoms with Crippen molar-refractivity contribution in [3.05, 3.63) is 118 Å². The fourth-order valence-electron chi connectivity index (χ4n) is 6.44. The van der Waals surface area contributed by atoms with Crippen molar-refractivity contribution in [1.29, 1.82) is 0 Å². The quantitative estimate of drug-likeness (QED) is 0.394. The van der Waals surface area contributed by atoms with Crippen molar-refractivity contribution in [1.82, 2.24) is 0 Å². The summed E-state index contributed by atoms with van der Waals surface area (Å²) in [4.78, 5) is 0. The van der Waals surface area contributed by atoms with Gasteiger partial charge in [-0.1, -0.05) is 95.0 Å². The molecule has 6 rings (SSSR count). The molecule has 0 heteroatoms. The molecule has 0 N–H and O–H groups in total. The van der Waals surface area contributed by atoms with E-state index in [0.717, 1.165) is 24.8 Å². The normalized spacial score (nSPS) is 23.8. The van der Waals surface area contributed by atoms with E-state index < -0.39 is 0 Å². The Labute approximate surface area is 198 Å². The molecule has 33 heavy (non-hydrogen) atoms. The van der Waals surface area contributed by atoms with E-state index in [1.54, 1.807) is 0 Å². The molecular weight excluding hydrogens is 396 g/mol. The third-order valence-corrected chi connectivity index (χ3v) is 8.31. The van der Waals surface area contributed by atoms with Crippen LogP contribution in [-0.2, 0) is 17.3 Å². The van der Waals surface area contributed by atoms with Crippen LogP contribution in [0, 0.1) is 0 Å². The lowest BCUT2D eigenvalue weighted by Crippen LogP contribution is -2.18. The van der Waals surface area contributed by atoms with Crippen molar-refractivity contribution in [3.63, 3.8) is 0 Å². The zero-order valence-electron chi connectivity index (χ0n) is 20.3. The Morgan fingerprint density at radius 2 is 1.55 bits per heavy atom. The van der Waals surface area contributed by atoms with Crippen LogP contribution >= 0.6 is 0 Å². The van der Waals surface area contributed by atoms with Gasteiger partial charge < -0.3 is 0 Å². The summed E-state index contributed by atoms with van der Waals surface area (Å²) in [5.41, 5.74) is 15.6. The number of fused-ring (bicyclic) bond motifs is 7. The minimum atomic E-state index is -0.0369. The maximum absolute atomic E-state index is 4.20. The second kappa shape index (κ2) is 6.94. The van der Waals surface area contributed by atoms with Gasteiger partial charge in [-0.2, -0.15) is 0 Å². The van der Waals surface area contributed by atoms with Crippen LogP contribution in [0.15, 0.2) is 84.5 Å². The van der Waals surface area contributed by atoms with Crippen LogP contribution in [0.2, 0.25) is 0 Å². The van der Waals surface area contributed by atoms with E-state index >= 15 is 0 Å². The van der Waals surface area contributed by atoms with Crippen molar-refractivity contribution in [2.24, 2.45) is 0 Å². The number of allylic oxidation sites excluding steroid dienone is 10. The maximum atomic E-state index is 4.20. The Balaban J connectivity index is 1.61. The minimum absolute atomic E-state index is 0.00611. The van der Waals surface area contributed by atoms with E-state index in [2.05, 4.69) is 107 Å². The van der Waals surface area contributed by atoms with Gasteiger partial charge in [0.25, 0.3) is 0 Å². The summed E-state index contributed by atoms with van der Waals surface area (Å²) in [6, 6.07) is 9.85. The molecule has 0 aliphatic heterocycles. The zero-order valence-corrected chi connectivity index (χ0v) is 20.3. The molecule has 0 fully saturated rings. The van der Waals surface area contributed by atoms with Gasteiger partial charge in [0, 0.05) is 10.8 Å². The second-order valence-corrected chi connectivity index (χ2v) is 11.0. The number of aryl methyl sites for hydroxylation is 1. The highest BCUT2D eigenvalue weighted by Crippen LogP contribution is 2.56. The number of rotatable bonds is 0. The molecule has 4 aliphatic carbocycles. The summed E-state index contributed by atoms with van der Waals surface area (Å²) in [7, 11) is 0. The lowest BCUT2D eigenvalue weighted by molar-refractivity contribution is 0.646. The van der Waals surface area contributed by atoms with Crippen molar-refractivity contribution in [2.75, 3.05) is 0 Å². The first kappa shape index (κ1) is 20.5. The van der Waals surface area contributed by atoms with Crippen molar-refractivity contribution in [3.8, 4) is 11.1 Å². The van der Waals surface area contributed by atoms with Crippen molar-refractivity contribution >= 4 is 11.6 Å². The molecule has 0 saturated heterocycles. The highest BCUT2D eigenvalue weighted by Gasteiger charge is 2.42. The highest BCUT2D eigenvalue weighted by molar-refractivity contribution is 5.93. The Kier molecular flexibility index (Phi) is 4.31. The van der Waals surface area contributed by atoms with Gasteiger partial charge >= 0.3 is 0 Å².